The van der Waals surface area contributed by atoms with Gasteiger partial charge in [0.2, 0.25) is 5.43 Å². The van der Waals surface area contributed by atoms with Crippen LogP contribution in [0.4, 0.5) is 5.69 Å². The number of para-hydroxylation sites is 1. The van der Waals surface area contributed by atoms with Gasteiger partial charge in [0.25, 0.3) is 5.91 Å². The van der Waals surface area contributed by atoms with Crippen molar-refractivity contribution in [1.29, 1.82) is 0 Å². The zero-order valence-electron chi connectivity index (χ0n) is 14.6. The maximum Gasteiger partial charge on any atom is 0.339 e. The Labute approximate surface area is 149 Å². The summed E-state index contributed by atoms with van der Waals surface area (Å²) in [5, 5.41) is 7.08. The van der Waals surface area contributed by atoms with E-state index in [1.54, 1.807) is 37.4 Å². The molecule has 3 aromatic rings. The Morgan fingerprint density at radius 1 is 1.15 bits per heavy atom. The molecule has 0 aliphatic carbocycles. The van der Waals surface area contributed by atoms with Crippen molar-refractivity contribution in [2.45, 2.75) is 6.92 Å². The van der Waals surface area contributed by atoms with Crippen LogP contribution in [-0.4, -0.2) is 28.8 Å². The molecule has 0 spiro atoms. The molecule has 1 N–H and O–H groups in total. The van der Waals surface area contributed by atoms with Crippen LogP contribution < -0.4 is 10.7 Å². The first kappa shape index (κ1) is 17.3. The standard InChI is InChI=1S/C19H17N3O4/c1-11-8-9-15-13(10-11)17(23)16(21-22(15)2)18(24)20-14-7-5-4-6-12(14)19(25)26-3/h4-10H,1-3H3,(H,20,24). The second-order valence-corrected chi connectivity index (χ2v) is 5.81. The summed E-state index contributed by atoms with van der Waals surface area (Å²) in [4.78, 5) is 37.2. The van der Waals surface area contributed by atoms with E-state index < -0.39 is 17.3 Å². The first-order valence-corrected chi connectivity index (χ1v) is 7.88. The summed E-state index contributed by atoms with van der Waals surface area (Å²) < 4.78 is 6.19. The number of nitrogens with one attached hydrogen (secondary N) is 1. The van der Waals surface area contributed by atoms with Crippen LogP contribution in [0, 0.1) is 6.92 Å². The third-order valence-corrected chi connectivity index (χ3v) is 4.01. The van der Waals surface area contributed by atoms with Crippen molar-refractivity contribution in [2.24, 2.45) is 7.05 Å². The van der Waals surface area contributed by atoms with E-state index in [4.69, 9.17) is 4.74 Å². The molecule has 3 rings (SSSR count). The molecule has 1 heterocycles. The van der Waals surface area contributed by atoms with Gasteiger partial charge in [-0.3, -0.25) is 14.3 Å². The Hall–Kier alpha value is -3.48. The summed E-state index contributed by atoms with van der Waals surface area (Å²) in [6.07, 6.45) is 0. The Bertz CT molecular complexity index is 1090. The molecule has 0 unspecified atom stereocenters. The molecule has 0 saturated heterocycles. The molecule has 132 valence electrons. The highest BCUT2D eigenvalue weighted by Crippen LogP contribution is 2.17. The number of aryl methyl sites for hydroxylation is 2. The Kier molecular flexibility index (Phi) is 4.53. The van der Waals surface area contributed by atoms with E-state index in [0.717, 1.165) is 5.56 Å². The second kappa shape index (κ2) is 6.79. The van der Waals surface area contributed by atoms with Gasteiger partial charge >= 0.3 is 5.97 Å². The minimum atomic E-state index is -0.689. The van der Waals surface area contributed by atoms with Crippen molar-refractivity contribution in [3.63, 3.8) is 0 Å². The maximum atomic E-state index is 12.7. The number of anilines is 1. The molecule has 1 aromatic heterocycles. The normalized spacial score (nSPS) is 10.6. The highest BCUT2D eigenvalue weighted by atomic mass is 16.5. The largest absolute Gasteiger partial charge is 0.465 e. The molecule has 0 aliphatic heterocycles. The summed E-state index contributed by atoms with van der Waals surface area (Å²) in [6, 6.07) is 11.8. The van der Waals surface area contributed by atoms with E-state index in [2.05, 4.69) is 10.4 Å². The number of hydrogen-bond donors (Lipinski definition) is 1. The number of carbonyl (C=O) groups excluding carboxylic acids is 2. The summed E-state index contributed by atoms with van der Waals surface area (Å²) >= 11 is 0. The van der Waals surface area contributed by atoms with E-state index in [9.17, 15) is 14.4 Å². The van der Waals surface area contributed by atoms with E-state index in [0.29, 0.717) is 10.9 Å². The van der Waals surface area contributed by atoms with Crippen LogP contribution in [0.15, 0.2) is 47.3 Å². The predicted molar refractivity (Wildman–Crippen MR) is 97.5 cm³/mol. The van der Waals surface area contributed by atoms with Crippen molar-refractivity contribution in [2.75, 3.05) is 12.4 Å². The van der Waals surface area contributed by atoms with Gasteiger partial charge in [0.05, 0.1) is 29.3 Å². The van der Waals surface area contributed by atoms with Gasteiger partial charge in [-0.25, -0.2) is 4.79 Å². The van der Waals surface area contributed by atoms with Gasteiger partial charge in [0, 0.05) is 7.05 Å². The van der Waals surface area contributed by atoms with E-state index in [1.807, 2.05) is 13.0 Å². The number of nitrogens with zero attached hydrogens (tertiary/aromatic N) is 2. The topological polar surface area (TPSA) is 90.3 Å². The predicted octanol–water partition coefficient (Wildman–Crippen LogP) is 2.28. The average Bonchev–Trinajstić information content (AvgIpc) is 2.64. The molecule has 0 aliphatic rings. The third-order valence-electron chi connectivity index (χ3n) is 4.01. The summed E-state index contributed by atoms with van der Waals surface area (Å²) in [5.74, 6) is -1.28. The first-order chi connectivity index (χ1) is 12.4. The zero-order valence-corrected chi connectivity index (χ0v) is 14.6. The maximum absolute atomic E-state index is 12.7. The van der Waals surface area contributed by atoms with Gasteiger partial charge in [0.1, 0.15) is 0 Å². The molecule has 0 saturated carbocycles. The van der Waals surface area contributed by atoms with Gasteiger partial charge < -0.3 is 10.1 Å². The molecular weight excluding hydrogens is 334 g/mol. The van der Waals surface area contributed by atoms with Gasteiger partial charge in [0.15, 0.2) is 5.69 Å². The lowest BCUT2D eigenvalue weighted by Gasteiger charge is -2.11. The number of carbonyl (C=O) groups is 2. The first-order valence-electron chi connectivity index (χ1n) is 7.88. The monoisotopic (exact) mass is 351 g/mol. The molecule has 0 fully saturated rings. The van der Waals surface area contributed by atoms with Crippen molar-refractivity contribution < 1.29 is 14.3 Å². The zero-order chi connectivity index (χ0) is 18.8. The third kappa shape index (κ3) is 3.06. The summed E-state index contributed by atoms with van der Waals surface area (Å²) in [6.45, 7) is 1.87. The summed E-state index contributed by atoms with van der Waals surface area (Å²) in [7, 11) is 2.92. The number of amides is 1. The van der Waals surface area contributed by atoms with Gasteiger partial charge in [-0.15, -0.1) is 0 Å². The number of esters is 1. The number of methoxy groups -OCH3 is 1. The quantitative estimate of drug-likeness (QED) is 0.731. The number of aromatic nitrogens is 2. The van der Waals surface area contributed by atoms with Crippen molar-refractivity contribution >= 4 is 28.5 Å². The molecule has 0 atom stereocenters. The van der Waals surface area contributed by atoms with Crippen molar-refractivity contribution in [3.05, 3.63) is 69.5 Å². The lowest BCUT2D eigenvalue weighted by Crippen LogP contribution is -2.27. The molecular formula is C19H17N3O4. The van der Waals surface area contributed by atoms with E-state index in [1.165, 1.54) is 17.9 Å². The highest BCUT2D eigenvalue weighted by Gasteiger charge is 2.19. The van der Waals surface area contributed by atoms with Crippen LogP contribution in [0.1, 0.15) is 26.4 Å². The second-order valence-electron chi connectivity index (χ2n) is 5.81. The number of rotatable bonds is 3. The van der Waals surface area contributed by atoms with Crippen LogP contribution in [0.2, 0.25) is 0 Å². The van der Waals surface area contributed by atoms with Crippen molar-refractivity contribution in [3.8, 4) is 0 Å². The SMILES string of the molecule is COC(=O)c1ccccc1NC(=O)c1nn(C)c2ccc(C)cc2c1=O. The lowest BCUT2D eigenvalue weighted by atomic mass is 10.1. The molecule has 1 amide bonds. The lowest BCUT2D eigenvalue weighted by molar-refractivity contribution is 0.0602. The highest BCUT2D eigenvalue weighted by molar-refractivity contribution is 6.07. The molecule has 26 heavy (non-hydrogen) atoms. The fourth-order valence-corrected chi connectivity index (χ4v) is 2.70. The van der Waals surface area contributed by atoms with Crippen LogP contribution in [0.25, 0.3) is 10.9 Å². The van der Waals surface area contributed by atoms with Crippen LogP contribution in [-0.2, 0) is 11.8 Å². The fourth-order valence-electron chi connectivity index (χ4n) is 2.70. The minimum Gasteiger partial charge on any atom is -0.465 e. The number of hydrogen-bond acceptors (Lipinski definition) is 5. The molecule has 0 radical (unpaired) electrons. The minimum absolute atomic E-state index is 0.191. The summed E-state index contributed by atoms with van der Waals surface area (Å²) in [5.41, 5.74) is 1.27. The van der Waals surface area contributed by atoms with Crippen molar-refractivity contribution in [1.82, 2.24) is 9.78 Å². The number of benzene rings is 2. The molecule has 0 bridgehead atoms. The Balaban J connectivity index is 2.06. The smallest absolute Gasteiger partial charge is 0.339 e. The number of ether oxygens (including phenoxy) is 1. The number of fused-ring (bicyclic) bond motifs is 1. The van der Waals surface area contributed by atoms with E-state index >= 15 is 0 Å². The Morgan fingerprint density at radius 3 is 2.62 bits per heavy atom. The van der Waals surface area contributed by atoms with Crippen LogP contribution in [0.5, 0.6) is 0 Å². The average molecular weight is 351 g/mol. The molecule has 7 nitrogen and oxygen atoms in total. The molecule has 2 aromatic carbocycles. The van der Waals surface area contributed by atoms with E-state index in [-0.39, 0.29) is 16.9 Å². The van der Waals surface area contributed by atoms with Gasteiger partial charge in [-0.1, -0.05) is 23.8 Å². The van der Waals surface area contributed by atoms with Crippen LogP contribution >= 0.6 is 0 Å². The fraction of sp³-hybridized carbons (Fsp3) is 0.158. The van der Waals surface area contributed by atoms with Crippen LogP contribution in [0.3, 0.4) is 0 Å². The Morgan fingerprint density at radius 2 is 1.88 bits per heavy atom. The molecule has 7 heteroatoms. The van der Waals surface area contributed by atoms with Gasteiger partial charge in [-0.2, -0.15) is 5.10 Å². The van der Waals surface area contributed by atoms with Gasteiger partial charge in [-0.05, 0) is 31.2 Å².